The Balaban J connectivity index is 3.39. The predicted octanol–water partition coefficient (Wildman–Crippen LogP) is 2.33. The first-order valence-electron chi connectivity index (χ1n) is 3.50. The van der Waals surface area contributed by atoms with Gasteiger partial charge in [-0.25, -0.2) is 4.79 Å². The summed E-state index contributed by atoms with van der Waals surface area (Å²) in [4.78, 5) is 10.7. The van der Waals surface area contributed by atoms with Crippen molar-refractivity contribution in [3.8, 4) is 6.07 Å². The lowest BCUT2D eigenvalue weighted by Gasteiger charge is -2.02. The molecular weight excluding hydrogens is 234 g/mol. The standard InChI is InChI=1S/C9H6BrNO2/c1-5-2-7(9(12)13)8(10)3-6(5)4-11/h2-3H,1H3,(H,12,13). The Morgan fingerprint density at radius 1 is 1.62 bits per heavy atom. The van der Waals surface area contributed by atoms with Crippen molar-refractivity contribution in [3.05, 3.63) is 33.3 Å². The number of hydrogen-bond acceptors (Lipinski definition) is 2. The number of halogens is 1. The van der Waals surface area contributed by atoms with Crippen LogP contribution >= 0.6 is 15.9 Å². The summed E-state index contributed by atoms with van der Waals surface area (Å²) < 4.78 is 0.433. The zero-order valence-electron chi connectivity index (χ0n) is 6.84. The maximum absolute atomic E-state index is 10.7. The summed E-state index contributed by atoms with van der Waals surface area (Å²) in [6.45, 7) is 1.71. The Morgan fingerprint density at radius 2 is 2.23 bits per heavy atom. The minimum Gasteiger partial charge on any atom is -0.478 e. The van der Waals surface area contributed by atoms with E-state index in [9.17, 15) is 4.79 Å². The fourth-order valence-electron chi connectivity index (χ4n) is 0.966. The topological polar surface area (TPSA) is 61.1 Å². The summed E-state index contributed by atoms with van der Waals surface area (Å²) in [5.74, 6) is -1.00. The quantitative estimate of drug-likeness (QED) is 0.819. The molecule has 0 saturated heterocycles. The summed E-state index contributed by atoms with van der Waals surface area (Å²) in [6, 6.07) is 4.97. The van der Waals surface area contributed by atoms with Crippen LogP contribution in [0.2, 0.25) is 0 Å². The zero-order chi connectivity index (χ0) is 10.0. The second-order valence-corrected chi connectivity index (χ2v) is 3.42. The van der Waals surface area contributed by atoms with E-state index in [1.54, 1.807) is 6.92 Å². The molecule has 0 saturated carbocycles. The third kappa shape index (κ3) is 1.87. The minimum atomic E-state index is -1.00. The number of aryl methyl sites for hydroxylation is 1. The first kappa shape index (κ1) is 9.75. The number of carbonyl (C=O) groups is 1. The molecule has 3 nitrogen and oxygen atoms in total. The molecule has 0 spiro atoms. The van der Waals surface area contributed by atoms with Gasteiger partial charge in [0.2, 0.25) is 0 Å². The fraction of sp³-hybridized carbons (Fsp3) is 0.111. The summed E-state index contributed by atoms with van der Waals surface area (Å²) in [5, 5.41) is 17.4. The molecule has 0 fully saturated rings. The molecule has 0 unspecified atom stereocenters. The lowest BCUT2D eigenvalue weighted by molar-refractivity contribution is 0.0696. The maximum atomic E-state index is 10.7. The third-order valence-corrected chi connectivity index (χ3v) is 2.32. The van der Waals surface area contributed by atoms with Gasteiger partial charge in [-0.15, -0.1) is 0 Å². The van der Waals surface area contributed by atoms with Crippen molar-refractivity contribution in [1.82, 2.24) is 0 Å². The zero-order valence-corrected chi connectivity index (χ0v) is 8.42. The number of carboxylic acid groups (broad SMARTS) is 1. The first-order chi connectivity index (χ1) is 6.06. The van der Waals surface area contributed by atoms with Gasteiger partial charge in [-0.1, -0.05) is 0 Å². The molecule has 1 aromatic carbocycles. The Bertz CT molecular complexity index is 407. The molecule has 13 heavy (non-hydrogen) atoms. The van der Waals surface area contributed by atoms with Crippen molar-refractivity contribution in [2.75, 3.05) is 0 Å². The molecule has 0 aromatic heterocycles. The average molecular weight is 240 g/mol. The van der Waals surface area contributed by atoms with Gasteiger partial charge in [0.1, 0.15) is 0 Å². The Labute approximate surface area is 83.7 Å². The van der Waals surface area contributed by atoms with Gasteiger partial charge in [0.25, 0.3) is 0 Å². The lowest BCUT2D eigenvalue weighted by atomic mass is 10.1. The van der Waals surface area contributed by atoms with E-state index < -0.39 is 5.97 Å². The van der Waals surface area contributed by atoms with E-state index in [0.29, 0.717) is 15.6 Å². The number of carboxylic acids is 1. The van der Waals surface area contributed by atoms with Gasteiger partial charge in [0.15, 0.2) is 0 Å². The highest BCUT2D eigenvalue weighted by Crippen LogP contribution is 2.21. The van der Waals surface area contributed by atoms with E-state index in [1.165, 1.54) is 12.1 Å². The molecule has 0 bridgehead atoms. The van der Waals surface area contributed by atoms with Gasteiger partial charge < -0.3 is 5.11 Å². The van der Waals surface area contributed by atoms with Crippen molar-refractivity contribution in [3.63, 3.8) is 0 Å². The number of nitriles is 1. The molecule has 0 aliphatic carbocycles. The molecule has 1 N–H and O–H groups in total. The van der Waals surface area contributed by atoms with E-state index >= 15 is 0 Å². The Morgan fingerprint density at radius 3 is 2.69 bits per heavy atom. The van der Waals surface area contributed by atoms with Gasteiger partial charge in [-0.2, -0.15) is 5.26 Å². The van der Waals surface area contributed by atoms with E-state index in [2.05, 4.69) is 15.9 Å². The number of benzene rings is 1. The normalized spacial score (nSPS) is 9.31. The lowest BCUT2D eigenvalue weighted by Crippen LogP contribution is -1.99. The highest BCUT2D eigenvalue weighted by molar-refractivity contribution is 9.10. The molecule has 1 rings (SSSR count). The second-order valence-electron chi connectivity index (χ2n) is 2.56. The molecular formula is C9H6BrNO2. The number of nitrogens with zero attached hydrogens (tertiary/aromatic N) is 1. The summed E-state index contributed by atoms with van der Waals surface area (Å²) in [6.07, 6.45) is 0. The van der Waals surface area contributed by atoms with Gasteiger partial charge in [0.05, 0.1) is 17.2 Å². The third-order valence-electron chi connectivity index (χ3n) is 1.66. The van der Waals surface area contributed by atoms with E-state index in [4.69, 9.17) is 10.4 Å². The Kier molecular flexibility index (Phi) is 2.69. The van der Waals surface area contributed by atoms with Crippen LogP contribution in [0, 0.1) is 18.3 Å². The summed E-state index contributed by atoms with van der Waals surface area (Å²) in [5.41, 5.74) is 1.33. The molecule has 4 heteroatoms. The maximum Gasteiger partial charge on any atom is 0.336 e. The molecule has 66 valence electrons. The van der Waals surface area contributed by atoms with Crippen LogP contribution < -0.4 is 0 Å². The van der Waals surface area contributed by atoms with Crippen LogP contribution in [0.25, 0.3) is 0 Å². The first-order valence-corrected chi connectivity index (χ1v) is 4.29. The van der Waals surface area contributed by atoms with Gasteiger partial charge in [-0.3, -0.25) is 0 Å². The molecule has 0 atom stereocenters. The highest BCUT2D eigenvalue weighted by Gasteiger charge is 2.10. The number of rotatable bonds is 1. The van der Waals surface area contributed by atoms with Gasteiger partial charge in [-0.05, 0) is 40.5 Å². The molecule has 0 heterocycles. The second kappa shape index (κ2) is 3.58. The Hall–Kier alpha value is -1.34. The van der Waals surface area contributed by atoms with Crippen LogP contribution in [0.5, 0.6) is 0 Å². The molecule has 0 amide bonds. The van der Waals surface area contributed by atoms with Crippen molar-refractivity contribution in [2.45, 2.75) is 6.92 Å². The van der Waals surface area contributed by atoms with Crippen LogP contribution in [0.4, 0.5) is 0 Å². The van der Waals surface area contributed by atoms with Crippen molar-refractivity contribution >= 4 is 21.9 Å². The van der Waals surface area contributed by atoms with Crippen LogP contribution in [-0.4, -0.2) is 11.1 Å². The van der Waals surface area contributed by atoms with Crippen LogP contribution in [0.1, 0.15) is 21.5 Å². The monoisotopic (exact) mass is 239 g/mol. The number of hydrogen-bond donors (Lipinski definition) is 1. The molecule has 0 aliphatic heterocycles. The van der Waals surface area contributed by atoms with Gasteiger partial charge >= 0.3 is 5.97 Å². The summed E-state index contributed by atoms with van der Waals surface area (Å²) in [7, 11) is 0. The predicted molar refractivity (Wildman–Crippen MR) is 50.6 cm³/mol. The van der Waals surface area contributed by atoms with Crippen LogP contribution in [-0.2, 0) is 0 Å². The highest BCUT2D eigenvalue weighted by atomic mass is 79.9. The smallest absolute Gasteiger partial charge is 0.336 e. The minimum absolute atomic E-state index is 0.177. The SMILES string of the molecule is Cc1cc(C(=O)O)c(Br)cc1C#N. The molecule has 1 aromatic rings. The van der Waals surface area contributed by atoms with Crippen molar-refractivity contribution in [2.24, 2.45) is 0 Å². The van der Waals surface area contributed by atoms with E-state index in [1.807, 2.05) is 6.07 Å². The fourth-order valence-corrected chi connectivity index (χ4v) is 1.48. The van der Waals surface area contributed by atoms with Crippen LogP contribution in [0.3, 0.4) is 0 Å². The average Bonchev–Trinajstić information content (AvgIpc) is 2.07. The summed E-state index contributed by atoms with van der Waals surface area (Å²) >= 11 is 3.09. The number of aromatic carboxylic acids is 1. The van der Waals surface area contributed by atoms with Crippen LogP contribution in [0.15, 0.2) is 16.6 Å². The van der Waals surface area contributed by atoms with E-state index in [-0.39, 0.29) is 5.56 Å². The largest absolute Gasteiger partial charge is 0.478 e. The van der Waals surface area contributed by atoms with Crippen molar-refractivity contribution in [1.29, 1.82) is 5.26 Å². The molecule has 0 aliphatic rings. The van der Waals surface area contributed by atoms with E-state index in [0.717, 1.165) is 0 Å². The van der Waals surface area contributed by atoms with Gasteiger partial charge in [0, 0.05) is 4.47 Å². The molecule has 0 radical (unpaired) electrons. The van der Waals surface area contributed by atoms with Crippen molar-refractivity contribution < 1.29 is 9.90 Å².